The van der Waals surface area contributed by atoms with Gasteiger partial charge in [-0.3, -0.25) is 0 Å². The lowest BCUT2D eigenvalue weighted by Crippen LogP contribution is -2.15. The standard InChI is InChI=1S/C17H17N5O/c1-3-13-5-6-14(19-17(13)18-9-1)7-8-15-11-22(21-20-15)12-16-4-2-10-23-16/h1,3,5-9,11,16H,2,4,10,12H2. The van der Waals surface area contributed by atoms with Crippen LogP contribution in [0.4, 0.5) is 0 Å². The van der Waals surface area contributed by atoms with E-state index in [1.165, 1.54) is 0 Å². The minimum atomic E-state index is 0.266. The fraction of sp³-hybridized carbons (Fsp3) is 0.294. The average molecular weight is 307 g/mol. The molecule has 1 unspecified atom stereocenters. The molecule has 1 fully saturated rings. The smallest absolute Gasteiger partial charge is 0.159 e. The lowest BCUT2D eigenvalue weighted by Gasteiger charge is -2.07. The van der Waals surface area contributed by atoms with E-state index in [1.54, 1.807) is 6.20 Å². The highest BCUT2D eigenvalue weighted by Gasteiger charge is 2.16. The summed E-state index contributed by atoms with van der Waals surface area (Å²) >= 11 is 0. The highest BCUT2D eigenvalue weighted by Crippen LogP contribution is 2.14. The SMILES string of the molecule is C(=Cc1ccc2cccnc2n1)c1cn(CC2CCCO2)nn1. The number of rotatable bonds is 4. The summed E-state index contributed by atoms with van der Waals surface area (Å²) in [7, 11) is 0. The number of aromatic nitrogens is 5. The predicted octanol–water partition coefficient (Wildman–Crippen LogP) is 2.57. The Kier molecular flexibility index (Phi) is 3.81. The van der Waals surface area contributed by atoms with Crippen molar-refractivity contribution in [3.05, 3.63) is 48.0 Å². The third-order valence-corrected chi connectivity index (χ3v) is 3.88. The van der Waals surface area contributed by atoms with Gasteiger partial charge in [-0.15, -0.1) is 5.10 Å². The summed E-state index contributed by atoms with van der Waals surface area (Å²) in [6.45, 7) is 1.62. The Morgan fingerprint density at radius 2 is 2.17 bits per heavy atom. The molecule has 116 valence electrons. The van der Waals surface area contributed by atoms with Crippen molar-refractivity contribution in [1.82, 2.24) is 25.0 Å². The molecule has 0 aliphatic carbocycles. The van der Waals surface area contributed by atoms with E-state index < -0.39 is 0 Å². The van der Waals surface area contributed by atoms with Crippen LogP contribution in [0.25, 0.3) is 23.2 Å². The Hall–Kier alpha value is -2.60. The highest BCUT2D eigenvalue weighted by atomic mass is 16.5. The molecule has 1 saturated heterocycles. The van der Waals surface area contributed by atoms with Crippen molar-refractivity contribution in [3.8, 4) is 0 Å². The summed E-state index contributed by atoms with van der Waals surface area (Å²) in [5.74, 6) is 0. The van der Waals surface area contributed by atoms with Gasteiger partial charge in [0.25, 0.3) is 0 Å². The lowest BCUT2D eigenvalue weighted by atomic mass is 10.2. The molecule has 0 N–H and O–H groups in total. The fourth-order valence-electron chi connectivity index (χ4n) is 2.71. The van der Waals surface area contributed by atoms with Crippen molar-refractivity contribution in [2.45, 2.75) is 25.5 Å². The van der Waals surface area contributed by atoms with E-state index >= 15 is 0 Å². The van der Waals surface area contributed by atoms with Crippen molar-refractivity contribution in [2.24, 2.45) is 0 Å². The van der Waals surface area contributed by atoms with Crippen molar-refractivity contribution in [1.29, 1.82) is 0 Å². The van der Waals surface area contributed by atoms with Crippen molar-refractivity contribution < 1.29 is 4.74 Å². The first-order valence-electron chi connectivity index (χ1n) is 7.78. The van der Waals surface area contributed by atoms with Crippen LogP contribution in [0.15, 0.2) is 36.7 Å². The molecule has 4 heterocycles. The molecular formula is C17H17N5O. The van der Waals surface area contributed by atoms with Crippen LogP contribution in [0.3, 0.4) is 0 Å². The van der Waals surface area contributed by atoms with Gasteiger partial charge in [0.05, 0.1) is 24.5 Å². The van der Waals surface area contributed by atoms with Gasteiger partial charge in [-0.1, -0.05) is 5.21 Å². The Balaban J connectivity index is 1.47. The van der Waals surface area contributed by atoms with Gasteiger partial charge in [0.1, 0.15) is 5.69 Å². The first-order valence-corrected chi connectivity index (χ1v) is 7.78. The minimum absolute atomic E-state index is 0.266. The summed E-state index contributed by atoms with van der Waals surface area (Å²) in [5.41, 5.74) is 2.41. The monoisotopic (exact) mass is 307 g/mol. The van der Waals surface area contributed by atoms with Crippen molar-refractivity contribution in [3.63, 3.8) is 0 Å². The number of hydrogen-bond donors (Lipinski definition) is 0. The largest absolute Gasteiger partial charge is 0.376 e. The Morgan fingerprint density at radius 1 is 1.22 bits per heavy atom. The molecule has 0 spiro atoms. The molecule has 6 heteroatoms. The maximum atomic E-state index is 5.61. The number of pyridine rings is 2. The first-order chi connectivity index (χ1) is 11.4. The van der Waals surface area contributed by atoms with Gasteiger partial charge in [-0.25, -0.2) is 14.6 Å². The van der Waals surface area contributed by atoms with E-state index in [2.05, 4.69) is 20.3 Å². The normalized spacial score (nSPS) is 18.2. The summed E-state index contributed by atoms with van der Waals surface area (Å²) in [5, 5.41) is 9.34. The van der Waals surface area contributed by atoms with E-state index in [4.69, 9.17) is 4.74 Å². The molecule has 1 atom stereocenters. The average Bonchev–Trinajstić information content (AvgIpc) is 3.25. The van der Waals surface area contributed by atoms with Gasteiger partial charge in [-0.05, 0) is 49.3 Å². The maximum Gasteiger partial charge on any atom is 0.159 e. The van der Waals surface area contributed by atoms with Crippen LogP contribution in [-0.2, 0) is 11.3 Å². The zero-order valence-electron chi connectivity index (χ0n) is 12.7. The second kappa shape index (κ2) is 6.26. The quantitative estimate of drug-likeness (QED) is 0.741. The Morgan fingerprint density at radius 3 is 3.09 bits per heavy atom. The third kappa shape index (κ3) is 3.27. The molecular weight excluding hydrogens is 290 g/mol. The summed E-state index contributed by atoms with van der Waals surface area (Å²) < 4.78 is 7.45. The second-order valence-corrected chi connectivity index (χ2v) is 5.62. The van der Waals surface area contributed by atoms with Crippen LogP contribution in [0.2, 0.25) is 0 Å². The number of fused-ring (bicyclic) bond motifs is 1. The van der Waals surface area contributed by atoms with Crippen molar-refractivity contribution >= 4 is 23.2 Å². The topological polar surface area (TPSA) is 65.7 Å². The van der Waals surface area contributed by atoms with Crippen molar-refractivity contribution in [2.75, 3.05) is 6.61 Å². The number of ether oxygens (including phenoxy) is 1. The zero-order chi connectivity index (χ0) is 15.5. The first kappa shape index (κ1) is 14.0. The van der Waals surface area contributed by atoms with Crippen LogP contribution in [-0.4, -0.2) is 37.7 Å². The lowest BCUT2D eigenvalue weighted by molar-refractivity contribution is 0.0935. The van der Waals surface area contributed by atoms with E-state index in [9.17, 15) is 0 Å². The minimum Gasteiger partial charge on any atom is -0.376 e. The second-order valence-electron chi connectivity index (χ2n) is 5.62. The predicted molar refractivity (Wildman–Crippen MR) is 87.5 cm³/mol. The molecule has 3 aromatic heterocycles. The molecule has 0 amide bonds. The Labute approximate surface area is 133 Å². The summed E-state index contributed by atoms with van der Waals surface area (Å²) in [4.78, 5) is 8.77. The van der Waals surface area contributed by atoms with E-state index in [-0.39, 0.29) is 6.10 Å². The van der Waals surface area contributed by atoms with Gasteiger partial charge in [0, 0.05) is 18.2 Å². The van der Waals surface area contributed by atoms with Gasteiger partial charge in [-0.2, -0.15) is 0 Å². The van der Waals surface area contributed by atoms with Crippen LogP contribution in [0, 0.1) is 0 Å². The molecule has 1 aliphatic heterocycles. The summed E-state index contributed by atoms with van der Waals surface area (Å²) in [6, 6.07) is 7.89. The van der Waals surface area contributed by atoms with Gasteiger partial charge < -0.3 is 4.74 Å². The van der Waals surface area contributed by atoms with Gasteiger partial charge >= 0.3 is 0 Å². The molecule has 23 heavy (non-hydrogen) atoms. The van der Waals surface area contributed by atoms with E-state index in [0.717, 1.165) is 48.4 Å². The van der Waals surface area contributed by atoms with Crippen LogP contribution >= 0.6 is 0 Å². The molecule has 0 radical (unpaired) electrons. The molecule has 1 aliphatic rings. The Bertz CT molecular complexity index is 836. The molecule has 6 nitrogen and oxygen atoms in total. The number of hydrogen-bond acceptors (Lipinski definition) is 5. The summed E-state index contributed by atoms with van der Waals surface area (Å²) in [6.07, 6.45) is 10.0. The zero-order valence-corrected chi connectivity index (χ0v) is 12.7. The number of nitrogens with zero attached hydrogens (tertiary/aromatic N) is 5. The fourth-order valence-corrected chi connectivity index (χ4v) is 2.71. The van der Waals surface area contributed by atoms with Crippen LogP contribution in [0.1, 0.15) is 24.2 Å². The van der Waals surface area contributed by atoms with E-state index in [0.29, 0.717) is 0 Å². The van der Waals surface area contributed by atoms with Crippen LogP contribution in [0.5, 0.6) is 0 Å². The molecule has 0 aromatic carbocycles. The molecule has 0 bridgehead atoms. The maximum absolute atomic E-state index is 5.61. The highest BCUT2D eigenvalue weighted by molar-refractivity contribution is 5.77. The van der Waals surface area contributed by atoms with Crippen LogP contribution < -0.4 is 0 Å². The molecule has 0 saturated carbocycles. The van der Waals surface area contributed by atoms with Gasteiger partial charge in [0.15, 0.2) is 5.65 Å². The molecule has 3 aromatic rings. The molecule has 4 rings (SSSR count). The third-order valence-electron chi connectivity index (χ3n) is 3.88. The van der Waals surface area contributed by atoms with Gasteiger partial charge in [0.2, 0.25) is 0 Å². The van der Waals surface area contributed by atoms with E-state index in [1.807, 2.05) is 47.3 Å².